The topological polar surface area (TPSA) is 187 Å². The largest absolute Gasteiger partial charge is 0.487 e. The fraction of sp³-hybridized carbons (Fsp3) is 0.259. The van der Waals surface area contributed by atoms with E-state index in [0.29, 0.717) is 23.1 Å². The molecular weight excluding hydrogens is 663 g/mol. The molecule has 45 heavy (non-hydrogen) atoms. The first-order chi connectivity index (χ1) is 20.7. The van der Waals surface area contributed by atoms with Gasteiger partial charge in [0.25, 0.3) is 10.1 Å². The smallest absolute Gasteiger partial charge is 0.416 e. The highest BCUT2D eigenvalue weighted by atomic mass is 35.5. The number of hydrogen-bond acceptors (Lipinski definition) is 11. The van der Waals surface area contributed by atoms with Crippen LogP contribution < -0.4 is 25.3 Å². The van der Waals surface area contributed by atoms with E-state index in [1.165, 1.54) is 31.2 Å². The number of halogens is 4. The first-order valence-electron chi connectivity index (χ1n) is 12.8. The summed E-state index contributed by atoms with van der Waals surface area (Å²) in [6.07, 6.45) is -4.64. The molecule has 0 amide bonds. The molecule has 0 saturated heterocycles. The second-order valence-electron chi connectivity index (χ2n) is 9.75. The van der Waals surface area contributed by atoms with Gasteiger partial charge in [0.15, 0.2) is 0 Å². The Morgan fingerprint density at radius 3 is 2.16 bits per heavy atom. The van der Waals surface area contributed by atoms with Crippen LogP contribution in [0.2, 0.25) is 5.02 Å². The SMILES string of the molecule is CC1(C)N=C(N)N=C(N)N1c1ccc(OCc2ccc(S(=O)(=O)Oc3cccc(C(F)(F)F)c3)cc2)c(Cl)c1.CCS(=O)(=O)O. The summed E-state index contributed by atoms with van der Waals surface area (Å²) in [7, 11) is -8.03. The van der Waals surface area contributed by atoms with Gasteiger partial charge < -0.3 is 20.4 Å². The Balaban J connectivity index is 0.000000838. The van der Waals surface area contributed by atoms with Crippen LogP contribution in [0.4, 0.5) is 18.9 Å². The normalized spacial score (nSPS) is 14.9. The van der Waals surface area contributed by atoms with Gasteiger partial charge in [0.2, 0.25) is 11.9 Å². The summed E-state index contributed by atoms with van der Waals surface area (Å²) in [4.78, 5) is 9.72. The number of nitrogens with two attached hydrogens (primary N) is 2. The minimum absolute atomic E-state index is 0.0491. The van der Waals surface area contributed by atoms with Crippen LogP contribution in [0.5, 0.6) is 11.5 Å². The molecule has 0 bridgehead atoms. The number of hydrogen-bond donors (Lipinski definition) is 3. The van der Waals surface area contributed by atoms with Crippen LogP contribution in [0.3, 0.4) is 0 Å². The predicted molar refractivity (Wildman–Crippen MR) is 163 cm³/mol. The lowest BCUT2D eigenvalue weighted by Crippen LogP contribution is -2.54. The Labute approximate surface area is 263 Å². The zero-order valence-electron chi connectivity index (χ0n) is 24.0. The van der Waals surface area contributed by atoms with E-state index >= 15 is 0 Å². The zero-order valence-corrected chi connectivity index (χ0v) is 26.4. The fourth-order valence-electron chi connectivity index (χ4n) is 3.81. The average Bonchev–Trinajstić information content (AvgIpc) is 2.91. The minimum atomic E-state index is -4.64. The lowest BCUT2D eigenvalue weighted by atomic mass is 10.1. The van der Waals surface area contributed by atoms with Gasteiger partial charge in [-0.3, -0.25) is 9.45 Å². The van der Waals surface area contributed by atoms with Crippen LogP contribution >= 0.6 is 11.6 Å². The highest BCUT2D eigenvalue weighted by Gasteiger charge is 2.33. The predicted octanol–water partition coefficient (Wildman–Crippen LogP) is 4.79. The summed E-state index contributed by atoms with van der Waals surface area (Å²) in [5, 5.41) is 0.285. The third-order valence-corrected chi connectivity index (χ3v) is 8.19. The summed E-state index contributed by atoms with van der Waals surface area (Å²) in [5.74, 6) is -0.0671. The minimum Gasteiger partial charge on any atom is -0.487 e. The second-order valence-corrected chi connectivity index (χ2v) is 13.4. The molecule has 1 heterocycles. The summed E-state index contributed by atoms with van der Waals surface area (Å²) >= 11 is 6.43. The van der Waals surface area contributed by atoms with E-state index in [4.69, 9.17) is 36.5 Å². The summed E-state index contributed by atoms with van der Waals surface area (Å²) < 4.78 is 101. The van der Waals surface area contributed by atoms with Crippen LogP contribution in [0.1, 0.15) is 31.9 Å². The fourth-order valence-corrected chi connectivity index (χ4v) is 4.96. The number of guanidine groups is 2. The van der Waals surface area contributed by atoms with Gasteiger partial charge in [0.05, 0.1) is 16.3 Å². The molecule has 0 radical (unpaired) electrons. The second kappa shape index (κ2) is 13.5. The first-order valence-corrected chi connectivity index (χ1v) is 16.2. The van der Waals surface area contributed by atoms with Crippen molar-refractivity contribution in [1.82, 2.24) is 0 Å². The highest BCUT2D eigenvalue weighted by molar-refractivity contribution is 7.87. The Morgan fingerprint density at radius 1 is 1.00 bits per heavy atom. The van der Waals surface area contributed by atoms with Crippen molar-refractivity contribution in [2.24, 2.45) is 21.5 Å². The molecule has 3 aromatic rings. The zero-order chi connectivity index (χ0) is 33.8. The van der Waals surface area contributed by atoms with Crippen LogP contribution in [0.15, 0.2) is 81.6 Å². The van der Waals surface area contributed by atoms with Gasteiger partial charge in [-0.1, -0.05) is 29.8 Å². The standard InChI is InChI=1S/C25H23ClF3N5O4S.C2H6O3S/c1-24(2)33-22(30)32-23(31)34(24)17-8-11-21(20(26)13-17)37-14-15-6-9-19(10-7-15)39(35,36)38-18-5-3-4-16(12-18)25(27,28)29;1-2-6(3,4)5/h3-13H,14H2,1-2H3,(H4,30,31,32,33);2H2,1H3,(H,3,4,5). The molecule has 3 aromatic carbocycles. The van der Waals surface area contributed by atoms with Crippen molar-refractivity contribution >= 4 is 49.4 Å². The molecule has 244 valence electrons. The van der Waals surface area contributed by atoms with Crippen molar-refractivity contribution in [1.29, 1.82) is 0 Å². The number of benzene rings is 3. The van der Waals surface area contributed by atoms with Gasteiger partial charge >= 0.3 is 16.3 Å². The molecular formula is C27H29ClF3N5O7S2. The Kier molecular flexibility index (Phi) is 10.6. The van der Waals surface area contributed by atoms with Gasteiger partial charge in [0.1, 0.15) is 28.7 Å². The summed E-state index contributed by atoms with van der Waals surface area (Å²) in [6.45, 7) is 5.05. The Hall–Kier alpha value is -4.06. The molecule has 0 aliphatic carbocycles. The van der Waals surface area contributed by atoms with Gasteiger partial charge in [-0.15, -0.1) is 0 Å². The van der Waals surface area contributed by atoms with E-state index in [1.807, 2.05) is 13.8 Å². The van der Waals surface area contributed by atoms with E-state index in [-0.39, 0.29) is 34.2 Å². The molecule has 4 rings (SSSR count). The number of anilines is 1. The van der Waals surface area contributed by atoms with Crippen LogP contribution in [0, 0.1) is 0 Å². The van der Waals surface area contributed by atoms with Crippen molar-refractivity contribution in [3.63, 3.8) is 0 Å². The van der Waals surface area contributed by atoms with E-state index in [9.17, 15) is 30.0 Å². The van der Waals surface area contributed by atoms with E-state index in [0.717, 1.165) is 18.2 Å². The number of aliphatic imine (C=N–C) groups is 2. The van der Waals surface area contributed by atoms with Crippen molar-refractivity contribution in [2.75, 3.05) is 10.7 Å². The number of alkyl halides is 3. The van der Waals surface area contributed by atoms with Gasteiger partial charge in [-0.05, 0) is 74.9 Å². The quantitative estimate of drug-likeness (QED) is 0.219. The van der Waals surface area contributed by atoms with Gasteiger partial charge in [-0.2, -0.15) is 35.0 Å². The molecule has 5 N–H and O–H groups in total. The van der Waals surface area contributed by atoms with Crippen molar-refractivity contribution in [3.05, 3.63) is 82.9 Å². The molecule has 0 spiro atoms. The van der Waals surface area contributed by atoms with Crippen molar-refractivity contribution in [2.45, 2.75) is 44.1 Å². The summed E-state index contributed by atoms with van der Waals surface area (Å²) in [5.41, 5.74) is 11.2. The maximum absolute atomic E-state index is 12.9. The third-order valence-electron chi connectivity index (χ3n) is 5.91. The van der Waals surface area contributed by atoms with Crippen LogP contribution in [0.25, 0.3) is 0 Å². The third kappa shape index (κ3) is 9.71. The van der Waals surface area contributed by atoms with E-state index in [1.54, 1.807) is 23.1 Å². The molecule has 18 heteroatoms. The highest BCUT2D eigenvalue weighted by Crippen LogP contribution is 2.35. The molecule has 1 aliphatic rings. The molecule has 12 nitrogen and oxygen atoms in total. The lowest BCUT2D eigenvalue weighted by Gasteiger charge is -2.38. The molecule has 0 fully saturated rings. The number of ether oxygens (including phenoxy) is 1. The molecule has 1 aliphatic heterocycles. The average molecular weight is 692 g/mol. The van der Waals surface area contributed by atoms with Crippen LogP contribution in [-0.2, 0) is 33.0 Å². The Bertz CT molecular complexity index is 1820. The summed E-state index contributed by atoms with van der Waals surface area (Å²) in [6, 6.07) is 14.1. The van der Waals surface area contributed by atoms with Crippen molar-refractivity contribution in [3.8, 4) is 11.5 Å². The van der Waals surface area contributed by atoms with Gasteiger partial charge in [0, 0.05) is 5.69 Å². The molecule has 0 unspecified atom stereocenters. The maximum atomic E-state index is 12.9. The van der Waals surface area contributed by atoms with E-state index in [2.05, 4.69) is 9.98 Å². The number of rotatable bonds is 8. The lowest BCUT2D eigenvalue weighted by molar-refractivity contribution is -0.137. The molecule has 0 aromatic heterocycles. The van der Waals surface area contributed by atoms with E-state index < -0.39 is 43.4 Å². The number of nitrogens with zero attached hydrogens (tertiary/aromatic N) is 3. The first kappa shape index (κ1) is 35.4. The molecule has 0 atom stereocenters. The monoisotopic (exact) mass is 691 g/mol. The Morgan fingerprint density at radius 2 is 1.62 bits per heavy atom. The van der Waals surface area contributed by atoms with Gasteiger partial charge in [-0.25, -0.2) is 4.99 Å². The molecule has 0 saturated carbocycles. The van der Waals surface area contributed by atoms with Crippen LogP contribution in [-0.4, -0.2) is 44.7 Å². The maximum Gasteiger partial charge on any atom is 0.416 e. The van der Waals surface area contributed by atoms with Crippen molar-refractivity contribution < 1.29 is 43.5 Å².